The summed E-state index contributed by atoms with van der Waals surface area (Å²) < 4.78 is 13.9. The van der Waals surface area contributed by atoms with E-state index in [1.165, 1.54) is 6.07 Å². The van der Waals surface area contributed by atoms with Crippen molar-refractivity contribution in [3.05, 3.63) is 59.4 Å². The van der Waals surface area contributed by atoms with Crippen molar-refractivity contribution in [2.75, 3.05) is 43.4 Å². The fourth-order valence-corrected chi connectivity index (χ4v) is 4.11. The zero-order chi connectivity index (χ0) is 17.6. The predicted molar refractivity (Wildman–Crippen MR) is 103 cm³/mol. The van der Waals surface area contributed by atoms with Gasteiger partial charge in [0, 0.05) is 48.4 Å². The zero-order valence-corrected chi connectivity index (χ0v) is 15.5. The van der Waals surface area contributed by atoms with Crippen molar-refractivity contribution in [3.8, 4) is 0 Å². The second kappa shape index (κ2) is 8.90. The van der Waals surface area contributed by atoms with Crippen LogP contribution in [0.2, 0.25) is 5.02 Å². The van der Waals surface area contributed by atoms with Gasteiger partial charge in [-0.05, 0) is 30.3 Å². The van der Waals surface area contributed by atoms with Gasteiger partial charge in [0.1, 0.15) is 5.82 Å². The van der Waals surface area contributed by atoms with Crippen LogP contribution in [0.5, 0.6) is 0 Å². The number of aliphatic hydroxyl groups excluding tert-OH is 1. The smallest absolute Gasteiger partial charge is 0.146 e. The number of hydrogen-bond donors (Lipinski definition) is 1. The number of benzene rings is 2. The van der Waals surface area contributed by atoms with Gasteiger partial charge in [-0.2, -0.15) is 0 Å². The summed E-state index contributed by atoms with van der Waals surface area (Å²) in [5.41, 5.74) is 0.666. The number of nitrogens with zero attached hydrogens (tertiary/aromatic N) is 2. The van der Waals surface area contributed by atoms with Gasteiger partial charge in [0.05, 0.1) is 11.8 Å². The van der Waals surface area contributed by atoms with Crippen molar-refractivity contribution < 1.29 is 9.50 Å². The normalized spacial score (nSPS) is 16.8. The second-order valence-corrected chi connectivity index (χ2v) is 7.69. The molecule has 3 nitrogen and oxygen atoms in total. The fraction of sp³-hybridized carbons (Fsp3) is 0.368. The first-order valence-corrected chi connectivity index (χ1v) is 9.76. The standard InChI is InChI=1S/C19H22ClFN2OS/c20-15-4-3-5-17(12-15)25-14-16(24)13-22-8-10-23(11-9-22)19-7-2-1-6-18(19)21/h1-7,12,16,24H,8-11,13-14H2. The number of thioether (sulfide) groups is 1. The Labute approximate surface area is 157 Å². The highest BCUT2D eigenvalue weighted by molar-refractivity contribution is 7.99. The summed E-state index contributed by atoms with van der Waals surface area (Å²) in [7, 11) is 0. The molecule has 2 aromatic carbocycles. The summed E-state index contributed by atoms with van der Waals surface area (Å²) in [4.78, 5) is 5.37. The molecule has 3 rings (SSSR count). The molecule has 1 aliphatic rings. The molecule has 0 aliphatic carbocycles. The number of β-amino-alcohol motifs (C(OH)–C–C–N with tert-alkyl or cyclic N) is 1. The summed E-state index contributed by atoms with van der Waals surface area (Å²) in [6.45, 7) is 3.84. The van der Waals surface area contributed by atoms with E-state index in [0.29, 0.717) is 23.0 Å². The van der Waals surface area contributed by atoms with E-state index in [2.05, 4.69) is 9.80 Å². The minimum absolute atomic E-state index is 0.172. The lowest BCUT2D eigenvalue weighted by Gasteiger charge is -2.37. The highest BCUT2D eigenvalue weighted by Crippen LogP contribution is 2.23. The number of rotatable bonds is 6. The molecule has 1 aliphatic heterocycles. The average molecular weight is 381 g/mol. The first kappa shape index (κ1) is 18.5. The van der Waals surface area contributed by atoms with E-state index in [4.69, 9.17) is 11.6 Å². The number of para-hydroxylation sites is 1. The molecular formula is C19H22ClFN2OS. The van der Waals surface area contributed by atoms with Crippen molar-refractivity contribution in [1.29, 1.82) is 0 Å². The number of anilines is 1. The van der Waals surface area contributed by atoms with Gasteiger partial charge < -0.3 is 10.0 Å². The van der Waals surface area contributed by atoms with Gasteiger partial charge >= 0.3 is 0 Å². The number of halogens is 2. The van der Waals surface area contributed by atoms with E-state index in [1.54, 1.807) is 17.8 Å². The molecule has 134 valence electrons. The highest BCUT2D eigenvalue weighted by atomic mass is 35.5. The van der Waals surface area contributed by atoms with Crippen LogP contribution >= 0.6 is 23.4 Å². The van der Waals surface area contributed by atoms with Crippen LogP contribution in [-0.4, -0.2) is 54.6 Å². The maximum absolute atomic E-state index is 13.9. The van der Waals surface area contributed by atoms with E-state index in [0.717, 1.165) is 31.1 Å². The van der Waals surface area contributed by atoms with Gasteiger partial charge in [-0.1, -0.05) is 29.8 Å². The molecule has 1 atom stereocenters. The van der Waals surface area contributed by atoms with Crippen molar-refractivity contribution in [2.45, 2.75) is 11.0 Å². The summed E-state index contributed by atoms with van der Waals surface area (Å²) in [5, 5.41) is 11.0. The van der Waals surface area contributed by atoms with E-state index >= 15 is 0 Å². The van der Waals surface area contributed by atoms with Crippen molar-refractivity contribution in [3.63, 3.8) is 0 Å². The third-order valence-corrected chi connectivity index (χ3v) is 5.65. The summed E-state index contributed by atoms with van der Waals surface area (Å²) >= 11 is 7.59. The number of piperazine rings is 1. The summed E-state index contributed by atoms with van der Waals surface area (Å²) in [6, 6.07) is 14.6. The molecular weight excluding hydrogens is 359 g/mol. The lowest BCUT2D eigenvalue weighted by molar-refractivity contribution is 0.126. The topological polar surface area (TPSA) is 26.7 Å². The van der Waals surface area contributed by atoms with Gasteiger partial charge in [-0.3, -0.25) is 4.90 Å². The highest BCUT2D eigenvalue weighted by Gasteiger charge is 2.21. The molecule has 1 heterocycles. The van der Waals surface area contributed by atoms with Gasteiger partial charge in [0.2, 0.25) is 0 Å². The molecule has 1 fully saturated rings. The monoisotopic (exact) mass is 380 g/mol. The molecule has 6 heteroatoms. The van der Waals surface area contributed by atoms with E-state index in [-0.39, 0.29) is 5.82 Å². The molecule has 2 aromatic rings. The largest absolute Gasteiger partial charge is 0.391 e. The average Bonchev–Trinajstić information content (AvgIpc) is 2.61. The van der Waals surface area contributed by atoms with Gasteiger partial charge in [0.25, 0.3) is 0 Å². The van der Waals surface area contributed by atoms with Crippen LogP contribution < -0.4 is 4.90 Å². The fourth-order valence-electron chi connectivity index (χ4n) is 2.98. The van der Waals surface area contributed by atoms with Crippen LogP contribution in [0.3, 0.4) is 0 Å². The van der Waals surface area contributed by atoms with Crippen LogP contribution in [0.4, 0.5) is 10.1 Å². The van der Waals surface area contributed by atoms with Crippen LogP contribution in [0.15, 0.2) is 53.4 Å². The number of aliphatic hydroxyl groups is 1. The Morgan fingerprint density at radius 2 is 1.84 bits per heavy atom. The summed E-state index contributed by atoms with van der Waals surface area (Å²) in [5.74, 6) is 0.460. The Bertz CT molecular complexity index is 695. The van der Waals surface area contributed by atoms with Crippen LogP contribution in [0.25, 0.3) is 0 Å². The molecule has 0 amide bonds. The van der Waals surface area contributed by atoms with E-state index in [9.17, 15) is 9.50 Å². The molecule has 0 spiro atoms. The Hall–Kier alpha value is -1.27. The molecule has 25 heavy (non-hydrogen) atoms. The van der Waals surface area contributed by atoms with Crippen molar-refractivity contribution in [1.82, 2.24) is 4.90 Å². The van der Waals surface area contributed by atoms with Crippen molar-refractivity contribution >= 4 is 29.1 Å². The maximum atomic E-state index is 13.9. The minimum Gasteiger partial charge on any atom is -0.391 e. The van der Waals surface area contributed by atoms with Gasteiger partial charge in [-0.25, -0.2) is 4.39 Å². The Morgan fingerprint density at radius 3 is 2.56 bits per heavy atom. The molecule has 0 aromatic heterocycles. The number of hydrogen-bond acceptors (Lipinski definition) is 4. The molecule has 1 N–H and O–H groups in total. The Morgan fingerprint density at radius 1 is 1.08 bits per heavy atom. The molecule has 0 bridgehead atoms. The second-order valence-electron chi connectivity index (χ2n) is 6.16. The third kappa shape index (κ3) is 5.35. The van der Waals surface area contributed by atoms with Crippen LogP contribution in [0, 0.1) is 5.82 Å². The maximum Gasteiger partial charge on any atom is 0.146 e. The van der Waals surface area contributed by atoms with Crippen molar-refractivity contribution in [2.24, 2.45) is 0 Å². The van der Waals surface area contributed by atoms with E-state index < -0.39 is 6.10 Å². The first-order valence-electron chi connectivity index (χ1n) is 8.40. The quantitative estimate of drug-likeness (QED) is 0.772. The third-order valence-electron chi connectivity index (χ3n) is 4.27. The molecule has 1 saturated heterocycles. The SMILES string of the molecule is OC(CSc1cccc(Cl)c1)CN1CCN(c2ccccc2F)CC1. The van der Waals surface area contributed by atoms with Gasteiger partial charge in [-0.15, -0.1) is 11.8 Å². The summed E-state index contributed by atoms with van der Waals surface area (Å²) in [6.07, 6.45) is -0.399. The molecule has 0 radical (unpaired) electrons. The first-order chi connectivity index (χ1) is 12.1. The minimum atomic E-state index is -0.399. The Kier molecular flexibility index (Phi) is 6.59. The van der Waals surface area contributed by atoms with Gasteiger partial charge in [0.15, 0.2) is 0 Å². The molecule has 1 unspecified atom stereocenters. The zero-order valence-electron chi connectivity index (χ0n) is 13.9. The lowest BCUT2D eigenvalue weighted by Crippen LogP contribution is -2.49. The van der Waals surface area contributed by atoms with Crippen LogP contribution in [-0.2, 0) is 0 Å². The van der Waals surface area contributed by atoms with Crippen LogP contribution in [0.1, 0.15) is 0 Å². The predicted octanol–water partition coefficient (Wildman–Crippen LogP) is 3.75. The Balaban J connectivity index is 1.43. The molecule has 0 saturated carbocycles. The van der Waals surface area contributed by atoms with E-state index in [1.807, 2.05) is 36.4 Å². The lowest BCUT2D eigenvalue weighted by atomic mass is 10.2.